The van der Waals surface area contributed by atoms with Crippen molar-refractivity contribution >= 4 is 22.0 Å². The fourth-order valence-corrected chi connectivity index (χ4v) is 6.04. The second-order valence-corrected chi connectivity index (χ2v) is 11.9. The number of aryl methyl sites for hydroxylation is 2. The molecular formula is C45H32IrN4O-2. The Morgan fingerprint density at radius 3 is 2.24 bits per heavy atom. The quantitative estimate of drug-likeness (QED) is 0.162. The number of imidazole rings is 1. The third kappa shape index (κ3) is 7.06. The van der Waals surface area contributed by atoms with Crippen molar-refractivity contribution in [3.63, 3.8) is 0 Å². The number of para-hydroxylation sites is 2. The van der Waals surface area contributed by atoms with Gasteiger partial charge in [-0.1, -0.05) is 95.9 Å². The van der Waals surface area contributed by atoms with Gasteiger partial charge in [-0.15, -0.1) is 35.9 Å². The van der Waals surface area contributed by atoms with E-state index in [1.807, 2.05) is 67.7 Å². The molecule has 4 heterocycles. The molecule has 4 aromatic heterocycles. The molecule has 0 unspecified atom stereocenters. The van der Waals surface area contributed by atoms with Gasteiger partial charge >= 0.3 is 0 Å². The Labute approximate surface area is 314 Å². The largest absolute Gasteiger partial charge is 0.557 e. The van der Waals surface area contributed by atoms with Crippen LogP contribution in [0, 0.1) is 26.1 Å². The van der Waals surface area contributed by atoms with E-state index >= 15 is 0 Å². The molecule has 249 valence electrons. The molecule has 0 aliphatic rings. The van der Waals surface area contributed by atoms with Crippen molar-refractivity contribution in [3.8, 4) is 50.6 Å². The van der Waals surface area contributed by atoms with Crippen molar-refractivity contribution in [1.29, 1.82) is 0 Å². The average Bonchev–Trinajstić information content (AvgIpc) is 3.80. The number of benzene rings is 5. The van der Waals surface area contributed by atoms with Crippen LogP contribution in [-0.4, -0.2) is 19.5 Å². The van der Waals surface area contributed by atoms with Gasteiger partial charge in [0.25, 0.3) is 0 Å². The Morgan fingerprint density at radius 1 is 0.706 bits per heavy atom. The summed E-state index contributed by atoms with van der Waals surface area (Å²) in [5.74, 6) is 0.801. The van der Waals surface area contributed by atoms with E-state index in [1.165, 1.54) is 17.3 Å². The van der Waals surface area contributed by atoms with E-state index in [4.69, 9.17) is 13.5 Å². The number of hydrogen-bond acceptors (Lipinski definition) is 4. The first-order chi connectivity index (χ1) is 25.8. The minimum Gasteiger partial charge on any atom is -0.557 e. The first kappa shape index (κ1) is 29.9. The minimum absolute atomic E-state index is 0. The van der Waals surface area contributed by atoms with Crippen LogP contribution in [0.3, 0.4) is 0 Å². The van der Waals surface area contributed by atoms with Crippen molar-refractivity contribution in [2.45, 2.75) is 13.8 Å². The number of pyridine rings is 2. The zero-order valence-corrected chi connectivity index (χ0v) is 29.9. The van der Waals surface area contributed by atoms with Crippen LogP contribution in [0.1, 0.15) is 15.4 Å². The van der Waals surface area contributed by atoms with Gasteiger partial charge in [-0.25, -0.2) is 0 Å². The third-order valence-electron chi connectivity index (χ3n) is 8.51. The molecule has 5 nitrogen and oxygen atoms in total. The summed E-state index contributed by atoms with van der Waals surface area (Å²) in [4.78, 5) is 13.5. The SMILES string of the molecule is Cc1cc(-c2ccc3o[c-]c(-c4nc5ccccc5n4-c4ccc(-c5ccccc5)cc4)c3c2)ccn1.[2H]C([2H])([2H])c1ccc(-c2[c-]cccc2)nc1.[Ir]. The standard InChI is InChI=1S/C33H22N3O.C12H10N.Ir/c1-22-19-26(17-18-34-22)25-13-16-32-28(20-25)29(21-37-32)33-35-30-9-5-6-10-31(30)36(33)27-14-11-24(12-15-27)23-7-3-2-4-8-23;1-10-7-8-12(13-9-10)11-5-3-2-4-6-11;/h2-20H,1H3;2-5,7-9H,1H3;/q2*-1;/i;1D3;. The molecule has 0 bridgehead atoms. The first-order valence-corrected chi connectivity index (χ1v) is 16.3. The number of aromatic nitrogens is 4. The topological polar surface area (TPSA) is 56.7 Å². The summed E-state index contributed by atoms with van der Waals surface area (Å²) in [5.41, 5.74) is 12.0. The van der Waals surface area contributed by atoms with Gasteiger partial charge in [0.1, 0.15) is 0 Å². The van der Waals surface area contributed by atoms with E-state index in [1.54, 1.807) is 18.2 Å². The van der Waals surface area contributed by atoms with Crippen LogP contribution in [0.5, 0.6) is 0 Å². The summed E-state index contributed by atoms with van der Waals surface area (Å²) < 4.78 is 29.8. The zero-order valence-electron chi connectivity index (χ0n) is 30.5. The van der Waals surface area contributed by atoms with Crippen LogP contribution in [0.2, 0.25) is 0 Å². The average molecular weight is 840 g/mol. The second kappa shape index (κ2) is 14.9. The van der Waals surface area contributed by atoms with Gasteiger partial charge in [0.05, 0.1) is 16.9 Å². The monoisotopic (exact) mass is 840 g/mol. The predicted molar refractivity (Wildman–Crippen MR) is 202 cm³/mol. The number of fused-ring (bicyclic) bond motifs is 2. The van der Waals surface area contributed by atoms with Crippen LogP contribution in [0.4, 0.5) is 0 Å². The van der Waals surface area contributed by atoms with E-state index in [0.717, 1.165) is 67.2 Å². The van der Waals surface area contributed by atoms with Crippen molar-refractivity contribution in [2.75, 3.05) is 0 Å². The third-order valence-corrected chi connectivity index (χ3v) is 8.51. The molecule has 9 rings (SSSR count). The summed E-state index contributed by atoms with van der Waals surface area (Å²) in [6, 6.07) is 51.4. The molecule has 0 aliphatic heterocycles. The van der Waals surface area contributed by atoms with E-state index < -0.39 is 6.85 Å². The van der Waals surface area contributed by atoms with E-state index in [9.17, 15) is 0 Å². The second-order valence-electron chi connectivity index (χ2n) is 11.9. The van der Waals surface area contributed by atoms with Crippen molar-refractivity contribution < 1.29 is 28.6 Å². The molecule has 0 spiro atoms. The summed E-state index contributed by atoms with van der Waals surface area (Å²) >= 11 is 0. The summed E-state index contributed by atoms with van der Waals surface area (Å²) in [6.07, 6.45) is 6.39. The molecule has 0 saturated carbocycles. The maximum Gasteiger partial charge on any atom is 0.0774 e. The normalized spacial score (nSPS) is 11.9. The van der Waals surface area contributed by atoms with E-state index in [-0.39, 0.29) is 25.7 Å². The predicted octanol–water partition coefficient (Wildman–Crippen LogP) is 11.1. The van der Waals surface area contributed by atoms with Gasteiger partial charge in [0.15, 0.2) is 0 Å². The number of furan rings is 1. The maximum absolute atomic E-state index is 7.23. The molecule has 0 fully saturated rings. The number of rotatable bonds is 5. The fraction of sp³-hybridized carbons (Fsp3) is 0.0444. The van der Waals surface area contributed by atoms with Crippen LogP contribution < -0.4 is 0 Å². The smallest absolute Gasteiger partial charge is 0.0774 e. The van der Waals surface area contributed by atoms with Crippen molar-refractivity contribution in [2.24, 2.45) is 0 Å². The fourth-order valence-electron chi connectivity index (χ4n) is 6.04. The summed E-state index contributed by atoms with van der Waals surface area (Å²) in [7, 11) is 0. The Bertz CT molecular complexity index is 2650. The van der Waals surface area contributed by atoms with Crippen molar-refractivity contribution in [1.82, 2.24) is 19.5 Å². The van der Waals surface area contributed by atoms with Gasteiger partial charge < -0.3 is 14.0 Å². The van der Waals surface area contributed by atoms with Crippen molar-refractivity contribution in [3.05, 3.63) is 182 Å². The Hall–Kier alpha value is -5.94. The van der Waals surface area contributed by atoms with Crippen LogP contribution in [0.25, 0.3) is 72.6 Å². The van der Waals surface area contributed by atoms with E-state index in [2.05, 4.69) is 99.7 Å². The molecule has 0 aliphatic carbocycles. The molecule has 0 amide bonds. The molecule has 9 aromatic rings. The van der Waals surface area contributed by atoms with Crippen LogP contribution >= 0.6 is 0 Å². The Morgan fingerprint density at radius 2 is 1.47 bits per heavy atom. The minimum atomic E-state index is -2.09. The molecule has 6 heteroatoms. The molecule has 0 N–H and O–H groups in total. The van der Waals surface area contributed by atoms with Crippen LogP contribution in [0.15, 0.2) is 162 Å². The van der Waals surface area contributed by atoms with Gasteiger partial charge in [-0.2, -0.15) is 0 Å². The molecule has 0 atom stereocenters. The molecule has 0 saturated heterocycles. The molecular weight excluding hydrogens is 805 g/mol. The molecule has 1 radical (unpaired) electrons. The van der Waals surface area contributed by atoms with Gasteiger partial charge in [0, 0.05) is 59.8 Å². The van der Waals surface area contributed by atoms with E-state index in [0.29, 0.717) is 0 Å². The summed E-state index contributed by atoms with van der Waals surface area (Å²) in [5, 5.41) is 0.976. The number of nitrogens with zero attached hydrogens (tertiary/aromatic N) is 4. The van der Waals surface area contributed by atoms with Gasteiger partial charge in [-0.3, -0.25) is 9.97 Å². The van der Waals surface area contributed by atoms with Gasteiger partial charge in [0.2, 0.25) is 0 Å². The Kier molecular flexibility index (Phi) is 8.74. The maximum atomic E-state index is 7.23. The summed E-state index contributed by atoms with van der Waals surface area (Å²) in [6.45, 7) is -0.0869. The zero-order chi connectivity index (χ0) is 36.4. The Balaban J connectivity index is 0.000000223. The molecule has 51 heavy (non-hydrogen) atoms. The van der Waals surface area contributed by atoms with Gasteiger partial charge in [-0.05, 0) is 83.7 Å². The molecule has 5 aromatic carbocycles. The van der Waals surface area contributed by atoms with Crippen LogP contribution in [-0.2, 0) is 20.1 Å². The number of hydrogen-bond donors (Lipinski definition) is 0. The first-order valence-electron chi connectivity index (χ1n) is 17.8.